The summed E-state index contributed by atoms with van der Waals surface area (Å²) in [5, 5.41) is 23.0. The van der Waals surface area contributed by atoms with E-state index in [2.05, 4.69) is 5.32 Å². The van der Waals surface area contributed by atoms with E-state index in [1.807, 2.05) is 6.92 Å². The van der Waals surface area contributed by atoms with E-state index >= 15 is 0 Å². The Kier molecular flexibility index (Phi) is 5.92. The highest BCUT2D eigenvalue weighted by atomic mass is 16.6. The van der Waals surface area contributed by atoms with Gasteiger partial charge in [-0.1, -0.05) is 19.4 Å². The lowest BCUT2D eigenvalue weighted by Gasteiger charge is -2.12. The lowest BCUT2D eigenvalue weighted by Crippen LogP contribution is -2.32. The van der Waals surface area contributed by atoms with Crippen LogP contribution in [-0.2, 0) is 0 Å². The zero-order chi connectivity index (χ0) is 15.1. The monoisotopic (exact) mass is 282 g/mol. The largest absolute Gasteiger partial charge is 0.490 e. The van der Waals surface area contributed by atoms with Gasteiger partial charge in [0, 0.05) is 12.6 Å². The van der Waals surface area contributed by atoms with Crippen LogP contribution in [0.1, 0.15) is 30.1 Å². The maximum Gasteiger partial charge on any atom is 0.311 e. The van der Waals surface area contributed by atoms with Crippen molar-refractivity contribution in [1.82, 2.24) is 5.32 Å². The first-order valence-corrected chi connectivity index (χ1v) is 6.28. The number of carbonyl (C=O) groups is 1. The second-order valence-electron chi connectivity index (χ2n) is 4.27. The van der Waals surface area contributed by atoms with E-state index in [4.69, 9.17) is 4.74 Å². The normalized spacial score (nSPS) is 11.8. The Hall–Kier alpha value is -2.15. The molecule has 110 valence electrons. The number of methoxy groups -OCH3 is 1. The number of para-hydroxylation sites is 1. The SMILES string of the molecule is CCCC(O)CNC(=O)c1cccc([N+](=O)[O-])c1OC. The highest BCUT2D eigenvalue weighted by Crippen LogP contribution is 2.30. The van der Waals surface area contributed by atoms with Gasteiger partial charge in [-0.2, -0.15) is 0 Å². The first-order valence-electron chi connectivity index (χ1n) is 6.28. The predicted molar refractivity (Wildman–Crippen MR) is 72.9 cm³/mol. The van der Waals surface area contributed by atoms with Crippen molar-refractivity contribution in [3.8, 4) is 5.75 Å². The number of amides is 1. The average Bonchev–Trinajstić information content (AvgIpc) is 2.44. The molecule has 1 aromatic carbocycles. The number of ether oxygens (including phenoxy) is 1. The van der Waals surface area contributed by atoms with Crippen LogP contribution in [0.5, 0.6) is 5.75 Å². The molecule has 0 aromatic heterocycles. The molecule has 0 saturated carbocycles. The Morgan fingerprint density at radius 1 is 1.55 bits per heavy atom. The number of nitrogens with zero attached hydrogens (tertiary/aromatic N) is 1. The van der Waals surface area contributed by atoms with Crippen LogP contribution in [0.2, 0.25) is 0 Å². The van der Waals surface area contributed by atoms with Crippen LogP contribution < -0.4 is 10.1 Å². The minimum atomic E-state index is -0.631. The van der Waals surface area contributed by atoms with E-state index in [1.165, 1.54) is 25.3 Å². The fraction of sp³-hybridized carbons (Fsp3) is 0.462. The van der Waals surface area contributed by atoms with E-state index in [0.717, 1.165) is 6.42 Å². The van der Waals surface area contributed by atoms with Crippen molar-refractivity contribution < 1.29 is 19.6 Å². The molecule has 1 amide bonds. The molecule has 0 spiro atoms. The fourth-order valence-electron chi connectivity index (χ4n) is 1.80. The van der Waals surface area contributed by atoms with Gasteiger partial charge in [0.1, 0.15) is 0 Å². The Bertz CT molecular complexity index is 490. The number of hydrogen-bond acceptors (Lipinski definition) is 5. The van der Waals surface area contributed by atoms with Gasteiger partial charge in [-0.25, -0.2) is 0 Å². The molecule has 0 heterocycles. The summed E-state index contributed by atoms with van der Waals surface area (Å²) in [4.78, 5) is 22.2. The highest BCUT2D eigenvalue weighted by Gasteiger charge is 2.22. The van der Waals surface area contributed by atoms with Crippen molar-refractivity contribution in [1.29, 1.82) is 0 Å². The van der Waals surface area contributed by atoms with Crippen LogP contribution in [0.15, 0.2) is 18.2 Å². The van der Waals surface area contributed by atoms with Crippen LogP contribution >= 0.6 is 0 Å². The standard InChI is InChI=1S/C13H18N2O5/c1-3-5-9(16)8-14-13(17)10-6-4-7-11(15(18)19)12(10)20-2/h4,6-7,9,16H,3,5,8H2,1-2H3,(H,14,17). The van der Waals surface area contributed by atoms with Crippen LogP contribution in [0.4, 0.5) is 5.69 Å². The van der Waals surface area contributed by atoms with E-state index in [-0.39, 0.29) is 23.5 Å². The third-order valence-corrected chi connectivity index (χ3v) is 2.76. The maximum absolute atomic E-state index is 12.0. The van der Waals surface area contributed by atoms with Gasteiger partial charge in [0.25, 0.3) is 5.91 Å². The molecule has 0 aliphatic carbocycles. The van der Waals surface area contributed by atoms with Gasteiger partial charge in [-0.05, 0) is 12.5 Å². The third kappa shape index (κ3) is 3.92. The molecule has 1 rings (SSSR count). The summed E-state index contributed by atoms with van der Waals surface area (Å²) in [5.41, 5.74) is -0.195. The second kappa shape index (κ2) is 7.44. The summed E-state index contributed by atoms with van der Waals surface area (Å²) in [6, 6.07) is 4.12. The van der Waals surface area contributed by atoms with Crippen LogP contribution in [-0.4, -0.2) is 35.7 Å². The second-order valence-corrected chi connectivity index (χ2v) is 4.27. The van der Waals surface area contributed by atoms with Crippen LogP contribution in [0, 0.1) is 10.1 Å². The molecule has 1 aromatic rings. The molecule has 2 N–H and O–H groups in total. The van der Waals surface area contributed by atoms with Crippen molar-refractivity contribution in [3.63, 3.8) is 0 Å². The van der Waals surface area contributed by atoms with Gasteiger partial charge in [-0.3, -0.25) is 14.9 Å². The Morgan fingerprint density at radius 2 is 2.25 bits per heavy atom. The summed E-state index contributed by atoms with van der Waals surface area (Å²) < 4.78 is 4.95. The summed E-state index contributed by atoms with van der Waals surface area (Å²) in [6.07, 6.45) is 0.748. The predicted octanol–water partition coefficient (Wildman–Crippen LogP) is 1.49. The van der Waals surface area contributed by atoms with Crippen molar-refractivity contribution in [3.05, 3.63) is 33.9 Å². The van der Waals surface area contributed by atoms with Gasteiger partial charge in [0.05, 0.1) is 23.7 Å². The average molecular weight is 282 g/mol. The molecule has 7 nitrogen and oxygen atoms in total. The lowest BCUT2D eigenvalue weighted by atomic mass is 10.1. The molecule has 1 unspecified atom stereocenters. The van der Waals surface area contributed by atoms with Gasteiger partial charge >= 0.3 is 5.69 Å². The molecule has 20 heavy (non-hydrogen) atoms. The molecule has 0 aliphatic rings. The van der Waals surface area contributed by atoms with E-state index in [0.29, 0.717) is 6.42 Å². The topological polar surface area (TPSA) is 102 Å². The smallest absolute Gasteiger partial charge is 0.311 e. The number of nitro groups is 1. The van der Waals surface area contributed by atoms with E-state index in [1.54, 1.807) is 0 Å². The summed E-state index contributed by atoms with van der Waals surface area (Å²) in [5.74, 6) is -0.597. The van der Waals surface area contributed by atoms with Gasteiger partial charge < -0.3 is 15.2 Å². The van der Waals surface area contributed by atoms with Crippen LogP contribution in [0.25, 0.3) is 0 Å². The van der Waals surface area contributed by atoms with Crippen molar-refractivity contribution in [2.45, 2.75) is 25.9 Å². The number of carbonyl (C=O) groups excluding carboxylic acids is 1. The Labute approximate surface area is 116 Å². The number of rotatable bonds is 7. The maximum atomic E-state index is 12.0. The molecule has 7 heteroatoms. The Morgan fingerprint density at radius 3 is 2.80 bits per heavy atom. The van der Waals surface area contributed by atoms with Gasteiger partial charge in [0.15, 0.2) is 0 Å². The summed E-state index contributed by atoms with van der Waals surface area (Å²) in [6.45, 7) is 2.02. The molecule has 0 bridgehead atoms. The summed E-state index contributed by atoms with van der Waals surface area (Å²) in [7, 11) is 1.27. The quantitative estimate of drug-likeness (QED) is 0.582. The number of benzene rings is 1. The van der Waals surface area contributed by atoms with Gasteiger partial charge in [0.2, 0.25) is 5.75 Å². The number of nitrogens with one attached hydrogen (secondary N) is 1. The number of hydrogen-bond donors (Lipinski definition) is 2. The molecular weight excluding hydrogens is 264 g/mol. The fourth-order valence-corrected chi connectivity index (χ4v) is 1.80. The third-order valence-electron chi connectivity index (χ3n) is 2.76. The minimum absolute atomic E-state index is 0.0744. The number of nitro benzene ring substituents is 1. The molecule has 0 aliphatic heterocycles. The first-order chi connectivity index (χ1) is 9.51. The van der Waals surface area contributed by atoms with E-state index < -0.39 is 16.9 Å². The highest BCUT2D eigenvalue weighted by molar-refractivity contribution is 5.98. The van der Waals surface area contributed by atoms with Crippen molar-refractivity contribution in [2.75, 3.05) is 13.7 Å². The van der Waals surface area contributed by atoms with Gasteiger partial charge in [-0.15, -0.1) is 0 Å². The zero-order valence-electron chi connectivity index (χ0n) is 11.5. The zero-order valence-corrected chi connectivity index (χ0v) is 11.5. The lowest BCUT2D eigenvalue weighted by molar-refractivity contribution is -0.385. The molecular formula is C13H18N2O5. The molecule has 1 atom stereocenters. The number of aliphatic hydroxyl groups excluding tert-OH is 1. The number of aliphatic hydroxyl groups is 1. The molecule has 0 fully saturated rings. The van der Waals surface area contributed by atoms with Crippen LogP contribution in [0.3, 0.4) is 0 Å². The first kappa shape index (κ1) is 15.9. The van der Waals surface area contributed by atoms with Crippen molar-refractivity contribution >= 4 is 11.6 Å². The molecule has 0 radical (unpaired) electrons. The van der Waals surface area contributed by atoms with E-state index in [9.17, 15) is 20.0 Å². The van der Waals surface area contributed by atoms with Crippen molar-refractivity contribution in [2.24, 2.45) is 0 Å². The Balaban J connectivity index is 2.87. The molecule has 0 saturated heterocycles. The summed E-state index contributed by atoms with van der Waals surface area (Å²) >= 11 is 0. The minimum Gasteiger partial charge on any atom is -0.490 e.